The first kappa shape index (κ1) is 18.8. The molecule has 1 fully saturated rings. The third kappa shape index (κ3) is 3.96. The molecule has 1 aromatic carbocycles. The molecule has 1 atom stereocenters. The van der Waals surface area contributed by atoms with Crippen LogP contribution in [-0.2, 0) is 12.8 Å². The second-order valence-corrected chi connectivity index (χ2v) is 9.46. The fourth-order valence-corrected chi connectivity index (χ4v) is 5.96. The van der Waals surface area contributed by atoms with Crippen molar-refractivity contribution < 1.29 is 9.64 Å². The maximum atomic E-state index is 5.88. The smallest absolute Gasteiger partial charge is 0.141 e. The highest BCUT2D eigenvalue weighted by molar-refractivity contribution is 7.19. The Hall–Kier alpha value is -2.18. The van der Waals surface area contributed by atoms with Gasteiger partial charge in [-0.05, 0) is 42.9 Å². The number of piperazine rings is 1. The van der Waals surface area contributed by atoms with Crippen LogP contribution < -0.4 is 14.5 Å². The van der Waals surface area contributed by atoms with Gasteiger partial charge in [-0.15, -0.1) is 11.3 Å². The molecule has 0 amide bonds. The molecular weight excluding hydrogens is 380 g/mol. The predicted molar refractivity (Wildman–Crippen MR) is 118 cm³/mol. The van der Waals surface area contributed by atoms with Crippen molar-refractivity contribution in [2.45, 2.75) is 26.2 Å². The number of nitrogens with zero attached hydrogens (tertiary/aromatic N) is 3. The van der Waals surface area contributed by atoms with Gasteiger partial charge in [0.15, 0.2) is 0 Å². The summed E-state index contributed by atoms with van der Waals surface area (Å²) < 4.78 is 5.88. The zero-order valence-electron chi connectivity index (χ0n) is 17.1. The first-order valence-electron chi connectivity index (χ1n) is 10.8. The molecule has 2 aromatic heterocycles. The average Bonchev–Trinajstić information content (AvgIpc) is 3.12. The Balaban J connectivity index is 1.24. The highest BCUT2D eigenvalue weighted by atomic mass is 32.1. The number of aromatic nitrogens is 2. The van der Waals surface area contributed by atoms with Crippen LogP contribution in [-0.4, -0.2) is 49.3 Å². The number of rotatable bonds is 5. The maximum absolute atomic E-state index is 5.88. The largest absolute Gasteiger partial charge is 0.488 e. The van der Waals surface area contributed by atoms with Gasteiger partial charge in [-0.1, -0.05) is 25.1 Å². The van der Waals surface area contributed by atoms with E-state index < -0.39 is 0 Å². The quantitative estimate of drug-likeness (QED) is 0.704. The van der Waals surface area contributed by atoms with E-state index in [2.05, 4.69) is 16.8 Å². The molecule has 0 bridgehead atoms. The van der Waals surface area contributed by atoms with E-state index in [1.54, 1.807) is 16.1 Å². The van der Waals surface area contributed by atoms with Crippen molar-refractivity contribution in [2.75, 3.05) is 44.2 Å². The highest BCUT2D eigenvalue weighted by Gasteiger charge is 2.27. The molecule has 0 saturated carbocycles. The SMILES string of the molecule is C[C@@H]1CCc2c(sc3ncnc(N4CC[NH+](CCOc5ccccc5)CC4)c23)C1. The summed E-state index contributed by atoms with van der Waals surface area (Å²) in [4.78, 5) is 16.2. The lowest BCUT2D eigenvalue weighted by Gasteiger charge is -2.33. The molecule has 1 N–H and O–H groups in total. The van der Waals surface area contributed by atoms with E-state index in [-0.39, 0.29) is 0 Å². The average molecular weight is 410 g/mol. The van der Waals surface area contributed by atoms with Gasteiger partial charge in [0, 0.05) is 4.88 Å². The van der Waals surface area contributed by atoms with E-state index >= 15 is 0 Å². The lowest BCUT2D eigenvalue weighted by Crippen LogP contribution is -3.15. The standard InChI is InChI=1S/C23H28N4OS/c1-17-7-8-19-20(15-17)29-23-21(19)22(24-16-25-23)27-11-9-26(10-12-27)13-14-28-18-5-3-2-4-6-18/h2-6,16-17H,7-15H2,1H3/p+1/t17-/m1/s1. The number of ether oxygens (including phenoxy) is 1. The fraction of sp³-hybridized carbons (Fsp3) is 0.478. The molecular formula is C23H29N4OS+. The van der Waals surface area contributed by atoms with Gasteiger partial charge in [0.2, 0.25) is 0 Å². The summed E-state index contributed by atoms with van der Waals surface area (Å²) in [6.45, 7) is 8.55. The number of hydrogen-bond acceptors (Lipinski definition) is 5. The third-order valence-corrected chi connectivity index (χ3v) is 7.47. The van der Waals surface area contributed by atoms with Crippen molar-refractivity contribution in [3.63, 3.8) is 0 Å². The predicted octanol–water partition coefficient (Wildman–Crippen LogP) is 2.60. The molecule has 152 valence electrons. The summed E-state index contributed by atoms with van der Waals surface area (Å²) in [5, 5.41) is 1.34. The number of hydrogen-bond donors (Lipinski definition) is 1. The molecule has 0 radical (unpaired) electrons. The Kier molecular flexibility index (Phi) is 5.38. The van der Waals surface area contributed by atoms with E-state index in [0.29, 0.717) is 0 Å². The molecule has 2 aliphatic rings. The fourth-order valence-electron chi connectivity index (χ4n) is 4.61. The number of para-hydroxylation sites is 1. The topological polar surface area (TPSA) is 42.7 Å². The van der Waals surface area contributed by atoms with Crippen LogP contribution in [0.3, 0.4) is 0 Å². The van der Waals surface area contributed by atoms with Crippen LogP contribution >= 0.6 is 11.3 Å². The van der Waals surface area contributed by atoms with Crippen LogP contribution in [0.2, 0.25) is 0 Å². The van der Waals surface area contributed by atoms with Gasteiger partial charge in [-0.2, -0.15) is 0 Å². The second kappa shape index (κ2) is 8.28. The zero-order chi connectivity index (χ0) is 19.6. The number of benzene rings is 1. The van der Waals surface area contributed by atoms with Gasteiger partial charge in [0.25, 0.3) is 0 Å². The Labute approximate surface area is 176 Å². The molecule has 29 heavy (non-hydrogen) atoms. The molecule has 3 heterocycles. The number of quaternary nitrogens is 1. The second-order valence-electron chi connectivity index (χ2n) is 8.38. The molecule has 1 saturated heterocycles. The van der Waals surface area contributed by atoms with Crippen LogP contribution in [0.25, 0.3) is 10.2 Å². The molecule has 6 heteroatoms. The first-order valence-corrected chi connectivity index (χ1v) is 11.6. The zero-order valence-corrected chi connectivity index (χ0v) is 17.9. The molecule has 0 spiro atoms. The van der Waals surface area contributed by atoms with Crippen molar-refractivity contribution in [3.05, 3.63) is 47.1 Å². The van der Waals surface area contributed by atoms with E-state index in [1.165, 1.54) is 40.9 Å². The molecule has 0 unspecified atom stereocenters. The van der Waals surface area contributed by atoms with Gasteiger partial charge in [-0.25, -0.2) is 9.97 Å². The Morgan fingerprint density at radius 2 is 2.00 bits per heavy atom. The van der Waals surface area contributed by atoms with Gasteiger partial charge in [0.1, 0.15) is 35.9 Å². The summed E-state index contributed by atoms with van der Waals surface area (Å²) in [5.41, 5.74) is 1.53. The monoisotopic (exact) mass is 409 g/mol. The maximum Gasteiger partial charge on any atom is 0.141 e. The Morgan fingerprint density at radius 1 is 1.17 bits per heavy atom. The number of anilines is 1. The first-order chi connectivity index (χ1) is 14.3. The summed E-state index contributed by atoms with van der Waals surface area (Å²) in [5.74, 6) is 2.92. The molecule has 5 nitrogen and oxygen atoms in total. The van der Waals surface area contributed by atoms with Crippen molar-refractivity contribution in [1.82, 2.24) is 9.97 Å². The van der Waals surface area contributed by atoms with Gasteiger partial charge < -0.3 is 14.5 Å². The van der Waals surface area contributed by atoms with E-state index in [0.717, 1.165) is 51.0 Å². The minimum absolute atomic E-state index is 0.771. The molecule has 1 aliphatic heterocycles. The summed E-state index contributed by atoms with van der Waals surface area (Å²) in [7, 11) is 0. The molecule has 1 aliphatic carbocycles. The summed E-state index contributed by atoms with van der Waals surface area (Å²) >= 11 is 1.89. The van der Waals surface area contributed by atoms with Crippen LogP contribution in [0.4, 0.5) is 5.82 Å². The Morgan fingerprint density at radius 3 is 2.83 bits per heavy atom. The van der Waals surface area contributed by atoms with Crippen molar-refractivity contribution in [2.24, 2.45) is 5.92 Å². The highest BCUT2D eigenvalue weighted by Crippen LogP contribution is 2.40. The van der Waals surface area contributed by atoms with Crippen LogP contribution in [0.15, 0.2) is 36.7 Å². The lowest BCUT2D eigenvalue weighted by molar-refractivity contribution is -0.900. The summed E-state index contributed by atoms with van der Waals surface area (Å²) in [6.07, 6.45) is 5.43. The van der Waals surface area contributed by atoms with Gasteiger partial charge in [0.05, 0.1) is 31.6 Å². The lowest BCUT2D eigenvalue weighted by atomic mass is 9.89. The number of aryl methyl sites for hydroxylation is 1. The van der Waals surface area contributed by atoms with E-state index in [1.807, 2.05) is 41.7 Å². The van der Waals surface area contributed by atoms with E-state index in [4.69, 9.17) is 9.72 Å². The number of fused-ring (bicyclic) bond motifs is 3. The molecule has 5 rings (SSSR count). The van der Waals surface area contributed by atoms with Crippen LogP contribution in [0.5, 0.6) is 5.75 Å². The molecule has 3 aromatic rings. The minimum Gasteiger partial charge on any atom is -0.488 e. The normalized spacial score (nSPS) is 20.0. The van der Waals surface area contributed by atoms with Gasteiger partial charge in [-0.3, -0.25) is 0 Å². The van der Waals surface area contributed by atoms with Crippen molar-refractivity contribution in [3.8, 4) is 5.75 Å². The van der Waals surface area contributed by atoms with Crippen LogP contribution in [0, 0.1) is 5.92 Å². The van der Waals surface area contributed by atoms with Crippen molar-refractivity contribution in [1.29, 1.82) is 0 Å². The van der Waals surface area contributed by atoms with Crippen LogP contribution in [0.1, 0.15) is 23.8 Å². The van der Waals surface area contributed by atoms with Crippen molar-refractivity contribution >= 4 is 27.4 Å². The summed E-state index contributed by atoms with van der Waals surface area (Å²) in [6, 6.07) is 10.1. The third-order valence-electron chi connectivity index (χ3n) is 6.31. The minimum atomic E-state index is 0.771. The number of thiophene rings is 1. The van der Waals surface area contributed by atoms with Gasteiger partial charge >= 0.3 is 0 Å². The van der Waals surface area contributed by atoms with E-state index in [9.17, 15) is 0 Å². The Bertz CT molecular complexity index is 966. The number of nitrogens with one attached hydrogen (secondary N) is 1.